The molecule has 0 aliphatic heterocycles. The van der Waals surface area contributed by atoms with Gasteiger partial charge in [-0.3, -0.25) is 0 Å². The molecule has 2 aromatic rings. The van der Waals surface area contributed by atoms with Gasteiger partial charge in [0.25, 0.3) is 0 Å². The Balaban J connectivity index is 2.43. The second kappa shape index (κ2) is 5.86. The molecule has 0 radical (unpaired) electrons. The maximum Gasteiger partial charge on any atom is 0.186 e. The topological polar surface area (TPSA) is 47.0 Å². The molecule has 0 aliphatic rings. The van der Waals surface area contributed by atoms with Crippen LogP contribution in [0.1, 0.15) is 19.5 Å². The molecule has 1 aromatic carbocycles. The van der Waals surface area contributed by atoms with Crippen LogP contribution < -0.4 is 10.1 Å². The Labute approximate surface area is 118 Å². The summed E-state index contributed by atoms with van der Waals surface area (Å²) in [6.07, 6.45) is 0.0917. The third kappa shape index (κ3) is 3.04. The van der Waals surface area contributed by atoms with E-state index in [1.165, 1.54) is 0 Å². The van der Waals surface area contributed by atoms with E-state index in [-0.39, 0.29) is 11.9 Å². The van der Waals surface area contributed by atoms with Crippen molar-refractivity contribution in [3.63, 3.8) is 0 Å². The number of anilines is 1. The molecule has 5 heteroatoms. The molecule has 0 spiro atoms. The minimum Gasteiger partial charge on any atom is -0.491 e. The molecule has 1 N–H and O–H groups in total. The smallest absolute Gasteiger partial charge is 0.186 e. The van der Waals surface area contributed by atoms with Gasteiger partial charge < -0.3 is 10.1 Å². The number of nitrogens with one attached hydrogen (secondary N) is 1. The highest BCUT2D eigenvalue weighted by molar-refractivity contribution is 5.60. The number of aromatic nitrogens is 2. The van der Waals surface area contributed by atoms with Crippen molar-refractivity contribution in [2.24, 2.45) is 0 Å². The van der Waals surface area contributed by atoms with E-state index < -0.39 is 5.82 Å². The molecule has 4 nitrogen and oxygen atoms in total. The van der Waals surface area contributed by atoms with Crippen LogP contribution in [-0.2, 0) is 0 Å². The highest BCUT2D eigenvalue weighted by atomic mass is 19.1. The summed E-state index contributed by atoms with van der Waals surface area (Å²) in [7, 11) is 1.63. The molecule has 0 fully saturated rings. The van der Waals surface area contributed by atoms with Crippen molar-refractivity contribution in [3.8, 4) is 17.1 Å². The number of benzene rings is 1. The summed E-state index contributed by atoms with van der Waals surface area (Å²) in [5, 5.41) is 2.74. The number of rotatable bonds is 4. The first-order chi connectivity index (χ1) is 9.51. The van der Waals surface area contributed by atoms with Crippen molar-refractivity contribution in [2.45, 2.75) is 26.9 Å². The minimum absolute atomic E-state index is 0.0917. The fourth-order valence-electron chi connectivity index (χ4n) is 1.83. The second-order valence-corrected chi connectivity index (χ2v) is 4.74. The van der Waals surface area contributed by atoms with Crippen LogP contribution in [0.15, 0.2) is 24.3 Å². The summed E-state index contributed by atoms with van der Waals surface area (Å²) >= 11 is 0. The number of hydrogen-bond acceptors (Lipinski definition) is 4. The largest absolute Gasteiger partial charge is 0.491 e. The lowest BCUT2D eigenvalue weighted by Crippen LogP contribution is -2.06. The molecule has 0 atom stereocenters. The van der Waals surface area contributed by atoms with Crippen LogP contribution in [-0.4, -0.2) is 23.1 Å². The Bertz CT molecular complexity index is 614. The lowest BCUT2D eigenvalue weighted by molar-refractivity contribution is 0.242. The molecule has 0 unspecified atom stereocenters. The molecule has 1 aromatic heterocycles. The van der Waals surface area contributed by atoms with Gasteiger partial charge in [-0.05, 0) is 32.9 Å². The standard InChI is InChI=1S/C15H18FN3O/c1-9(2)20-12-7-5-6-11(8-12)14-18-10(3)13(16)15(17-4)19-14/h5-9H,1-4H3,(H,17,18,19). The van der Waals surface area contributed by atoms with E-state index in [4.69, 9.17) is 4.74 Å². The third-order valence-electron chi connectivity index (χ3n) is 2.72. The molecule has 0 saturated heterocycles. The fourth-order valence-corrected chi connectivity index (χ4v) is 1.83. The average Bonchev–Trinajstić information content (AvgIpc) is 2.41. The van der Waals surface area contributed by atoms with Crippen LogP contribution in [0.25, 0.3) is 11.4 Å². The molecule has 0 aliphatic carbocycles. The molecular weight excluding hydrogens is 257 g/mol. The lowest BCUT2D eigenvalue weighted by atomic mass is 10.2. The summed E-state index contributed by atoms with van der Waals surface area (Å²) in [6, 6.07) is 7.47. The van der Waals surface area contributed by atoms with Crippen LogP contribution >= 0.6 is 0 Å². The monoisotopic (exact) mass is 275 g/mol. The van der Waals surface area contributed by atoms with Gasteiger partial charge in [-0.25, -0.2) is 14.4 Å². The Morgan fingerprint density at radius 3 is 2.65 bits per heavy atom. The minimum atomic E-state index is -0.425. The SMILES string of the molecule is CNc1nc(-c2cccc(OC(C)C)c2)nc(C)c1F. The van der Waals surface area contributed by atoms with Gasteiger partial charge in [-0.1, -0.05) is 12.1 Å². The van der Waals surface area contributed by atoms with E-state index >= 15 is 0 Å². The number of aryl methyl sites for hydroxylation is 1. The summed E-state index contributed by atoms with van der Waals surface area (Å²) in [5.74, 6) is 0.991. The summed E-state index contributed by atoms with van der Waals surface area (Å²) < 4.78 is 19.4. The highest BCUT2D eigenvalue weighted by Crippen LogP contribution is 2.24. The maximum absolute atomic E-state index is 13.7. The van der Waals surface area contributed by atoms with Crippen LogP contribution in [0.4, 0.5) is 10.2 Å². The first-order valence-corrected chi connectivity index (χ1v) is 6.50. The first-order valence-electron chi connectivity index (χ1n) is 6.50. The van der Waals surface area contributed by atoms with Gasteiger partial charge in [0, 0.05) is 12.6 Å². The van der Waals surface area contributed by atoms with E-state index in [1.54, 1.807) is 14.0 Å². The van der Waals surface area contributed by atoms with Crippen molar-refractivity contribution in [1.29, 1.82) is 0 Å². The average molecular weight is 275 g/mol. The maximum atomic E-state index is 13.7. The van der Waals surface area contributed by atoms with E-state index in [9.17, 15) is 4.39 Å². The predicted molar refractivity (Wildman–Crippen MR) is 77.5 cm³/mol. The van der Waals surface area contributed by atoms with Crippen LogP contribution in [0.5, 0.6) is 5.75 Å². The van der Waals surface area contributed by atoms with E-state index in [0.717, 1.165) is 11.3 Å². The summed E-state index contributed by atoms with van der Waals surface area (Å²) in [6.45, 7) is 5.55. The molecule has 106 valence electrons. The number of halogens is 1. The van der Waals surface area contributed by atoms with Crippen molar-refractivity contribution < 1.29 is 9.13 Å². The van der Waals surface area contributed by atoms with Crippen LogP contribution in [0.3, 0.4) is 0 Å². The molecule has 2 rings (SSSR count). The van der Waals surface area contributed by atoms with Crippen molar-refractivity contribution >= 4 is 5.82 Å². The normalized spacial score (nSPS) is 10.7. The molecule has 20 heavy (non-hydrogen) atoms. The van der Waals surface area contributed by atoms with Crippen molar-refractivity contribution in [2.75, 3.05) is 12.4 Å². The van der Waals surface area contributed by atoms with Crippen LogP contribution in [0, 0.1) is 12.7 Å². The van der Waals surface area contributed by atoms with Crippen LogP contribution in [0.2, 0.25) is 0 Å². The fraction of sp³-hybridized carbons (Fsp3) is 0.333. The van der Waals surface area contributed by atoms with Crippen molar-refractivity contribution in [1.82, 2.24) is 9.97 Å². The zero-order valence-electron chi connectivity index (χ0n) is 12.1. The Morgan fingerprint density at radius 1 is 1.25 bits per heavy atom. The van der Waals surface area contributed by atoms with Crippen molar-refractivity contribution in [3.05, 3.63) is 35.8 Å². The first kappa shape index (κ1) is 14.2. The van der Waals surface area contributed by atoms with E-state index in [2.05, 4.69) is 15.3 Å². The molecule has 0 bridgehead atoms. The third-order valence-corrected chi connectivity index (χ3v) is 2.72. The molecule has 0 saturated carbocycles. The zero-order valence-corrected chi connectivity index (χ0v) is 12.1. The van der Waals surface area contributed by atoms with Gasteiger partial charge in [0.05, 0.1) is 11.8 Å². The highest BCUT2D eigenvalue weighted by Gasteiger charge is 2.12. The zero-order chi connectivity index (χ0) is 14.7. The number of ether oxygens (including phenoxy) is 1. The van der Waals surface area contributed by atoms with E-state index in [0.29, 0.717) is 11.5 Å². The van der Waals surface area contributed by atoms with Gasteiger partial charge in [0.2, 0.25) is 0 Å². The number of hydrogen-bond donors (Lipinski definition) is 1. The Kier molecular flexibility index (Phi) is 4.17. The molecule has 1 heterocycles. The molecular formula is C15H18FN3O. The van der Waals surface area contributed by atoms with E-state index in [1.807, 2.05) is 38.1 Å². The second-order valence-electron chi connectivity index (χ2n) is 4.74. The molecule has 0 amide bonds. The quantitative estimate of drug-likeness (QED) is 0.928. The van der Waals surface area contributed by atoms with Gasteiger partial charge in [-0.2, -0.15) is 0 Å². The van der Waals surface area contributed by atoms with Gasteiger partial charge in [-0.15, -0.1) is 0 Å². The van der Waals surface area contributed by atoms with Gasteiger partial charge >= 0.3 is 0 Å². The Morgan fingerprint density at radius 2 is 2.00 bits per heavy atom. The number of nitrogens with zero attached hydrogens (tertiary/aromatic N) is 2. The van der Waals surface area contributed by atoms with Gasteiger partial charge in [0.15, 0.2) is 17.5 Å². The van der Waals surface area contributed by atoms with Gasteiger partial charge in [0.1, 0.15) is 5.75 Å². The summed E-state index contributed by atoms with van der Waals surface area (Å²) in [4.78, 5) is 8.38. The lowest BCUT2D eigenvalue weighted by Gasteiger charge is -2.11. The Hall–Kier alpha value is -2.17. The predicted octanol–water partition coefficient (Wildman–Crippen LogP) is 3.42. The summed E-state index contributed by atoms with van der Waals surface area (Å²) in [5.41, 5.74) is 1.11.